The molecule has 1 aromatic carbocycles. The average molecular weight is 287 g/mol. The second-order valence-electron chi connectivity index (χ2n) is 4.19. The van der Waals surface area contributed by atoms with E-state index in [0.717, 1.165) is 0 Å². The first-order valence-electron chi connectivity index (χ1n) is 5.97. The topological polar surface area (TPSA) is 97.5 Å². The minimum absolute atomic E-state index is 0.0461. The summed E-state index contributed by atoms with van der Waals surface area (Å²) >= 11 is 0. The zero-order valence-corrected chi connectivity index (χ0v) is 11.6. The van der Waals surface area contributed by atoms with Crippen LogP contribution < -0.4 is 0 Å². The Bertz CT molecular complexity index is 538. The van der Waals surface area contributed by atoms with E-state index in [9.17, 15) is 23.6 Å². The minimum Gasteiger partial charge on any atom is -0.387 e. The first-order chi connectivity index (χ1) is 8.83. The Kier molecular flexibility index (Phi) is 5.02. The molecule has 0 unspecified atom stereocenters. The maximum absolute atomic E-state index is 11.9. The molecule has 0 bridgehead atoms. The number of non-ortho nitro benzene ring substituents is 1. The van der Waals surface area contributed by atoms with E-state index in [-0.39, 0.29) is 17.9 Å². The van der Waals surface area contributed by atoms with Crippen molar-refractivity contribution in [1.29, 1.82) is 0 Å². The predicted octanol–water partition coefficient (Wildman–Crippen LogP) is 1.84. The largest absolute Gasteiger partial charge is 0.387 e. The highest BCUT2D eigenvalue weighted by Crippen LogP contribution is 2.26. The van der Waals surface area contributed by atoms with E-state index in [2.05, 4.69) is 0 Å². The van der Waals surface area contributed by atoms with Crippen molar-refractivity contribution in [3.05, 3.63) is 39.9 Å². The normalized spacial score (nSPS) is 14.9. The van der Waals surface area contributed by atoms with Crippen LogP contribution in [0.2, 0.25) is 0 Å². The van der Waals surface area contributed by atoms with Crippen molar-refractivity contribution in [2.75, 3.05) is 5.75 Å². The van der Waals surface area contributed by atoms with Crippen LogP contribution in [0.25, 0.3) is 0 Å². The van der Waals surface area contributed by atoms with Gasteiger partial charge in [0, 0.05) is 17.9 Å². The van der Waals surface area contributed by atoms with E-state index in [1.807, 2.05) is 0 Å². The van der Waals surface area contributed by atoms with Gasteiger partial charge >= 0.3 is 0 Å². The molecule has 19 heavy (non-hydrogen) atoms. The van der Waals surface area contributed by atoms with Crippen LogP contribution in [-0.4, -0.2) is 29.5 Å². The molecule has 0 spiro atoms. The molecule has 0 aliphatic carbocycles. The smallest absolute Gasteiger partial charge is 0.269 e. The molecule has 0 saturated heterocycles. The van der Waals surface area contributed by atoms with Crippen molar-refractivity contribution in [2.24, 2.45) is 0 Å². The molecule has 0 radical (unpaired) electrons. The molecule has 1 N–H and O–H groups in total. The van der Waals surface area contributed by atoms with Gasteiger partial charge in [0.1, 0.15) is 0 Å². The molecule has 2 atom stereocenters. The molecule has 0 aromatic heterocycles. The number of nitro benzene ring substituents is 1. The number of aliphatic hydroxyl groups excluding tert-OH is 1. The van der Waals surface area contributed by atoms with Crippen molar-refractivity contribution in [3.8, 4) is 0 Å². The van der Waals surface area contributed by atoms with Gasteiger partial charge in [-0.1, -0.05) is 13.8 Å². The van der Waals surface area contributed by atoms with Crippen LogP contribution in [0.15, 0.2) is 24.3 Å². The highest BCUT2D eigenvalue weighted by atomic mass is 32.2. The van der Waals surface area contributed by atoms with Crippen molar-refractivity contribution in [1.82, 2.24) is 0 Å². The van der Waals surface area contributed by atoms with Gasteiger partial charge in [0.25, 0.3) is 5.69 Å². The van der Waals surface area contributed by atoms with Crippen molar-refractivity contribution in [2.45, 2.75) is 31.6 Å². The Morgan fingerprint density at radius 2 is 1.79 bits per heavy atom. The lowest BCUT2D eigenvalue weighted by molar-refractivity contribution is -0.384. The molecule has 0 aliphatic rings. The second kappa shape index (κ2) is 6.12. The molecule has 7 heteroatoms. The molecule has 106 valence electrons. The highest BCUT2D eigenvalue weighted by molar-refractivity contribution is 7.92. The zero-order valence-electron chi connectivity index (χ0n) is 10.8. The fourth-order valence-corrected chi connectivity index (χ4v) is 3.38. The maximum Gasteiger partial charge on any atom is 0.269 e. The number of hydrogen-bond donors (Lipinski definition) is 1. The highest BCUT2D eigenvalue weighted by Gasteiger charge is 2.30. The van der Waals surface area contributed by atoms with E-state index < -0.39 is 26.1 Å². The quantitative estimate of drug-likeness (QED) is 0.636. The van der Waals surface area contributed by atoms with Gasteiger partial charge in [-0.2, -0.15) is 0 Å². The monoisotopic (exact) mass is 287 g/mol. The molecule has 0 heterocycles. The van der Waals surface area contributed by atoms with Gasteiger partial charge in [0.2, 0.25) is 0 Å². The van der Waals surface area contributed by atoms with E-state index in [1.165, 1.54) is 31.2 Å². The van der Waals surface area contributed by atoms with Crippen LogP contribution in [-0.2, 0) is 9.84 Å². The number of aliphatic hydroxyl groups is 1. The summed E-state index contributed by atoms with van der Waals surface area (Å²) in [6.07, 6.45) is -0.885. The minimum atomic E-state index is -3.37. The van der Waals surface area contributed by atoms with Crippen molar-refractivity contribution < 1.29 is 18.4 Å². The number of rotatable bonds is 6. The summed E-state index contributed by atoms with van der Waals surface area (Å²) in [4.78, 5) is 9.98. The molecular weight excluding hydrogens is 270 g/mol. The third-order valence-corrected chi connectivity index (χ3v) is 5.38. The van der Waals surface area contributed by atoms with Crippen LogP contribution in [0.4, 0.5) is 5.69 Å². The van der Waals surface area contributed by atoms with Gasteiger partial charge < -0.3 is 5.11 Å². The van der Waals surface area contributed by atoms with Crippen molar-refractivity contribution >= 4 is 15.5 Å². The van der Waals surface area contributed by atoms with Crippen LogP contribution in [0.5, 0.6) is 0 Å². The van der Waals surface area contributed by atoms with Gasteiger partial charge in [0.15, 0.2) is 9.84 Å². The first-order valence-corrected chi connectivity index (χ1v) is 7.69. The Labute approximate surface area is 112 Å². The van der Waals surface area contributed by atoms with Crippen molar-refractivity contribution in [3.63, 3.8) is 0 Å². The van der Waals surface area contributed by atoms with Crippen LogP contribution >= 0.6 is 0 Å². The lowest BCUT2D eigenvalue weighted by Gasteiger charge is -2.21. The fourth-order valence-electron chi connectivity index (χ4n) is 1.90. The number of nitro groups is 1. The number of nitrogens with zero attached hydrogens (tertiary/aromatic N) is 1. The third kappa shape index (κ3) is 3.51. The molecule has 0 fully saturated rings. The predicted molar refractivity (Wildman–Crippen MR) is 71.6 cm³/mol. The lowest BCUT2D eigenvalue weighted by atomic mass is 10.0. The number of sulfone groups is 1. The molecule has 1 aromatic rings. The molecule has 6 nitrogen and oxygen atoms in total. The Hall–Kier alpha value is -1.47. The number of benzene rings is 1. The van der Waals surface area contributed by atoms with E-state index in [4.69, 9.17) is 0 Å². The Morgan fingerprint density at radius 3 is 2.16 bits per heavy atom. The zero-order chi connectivity index (χ0) is 14.6. The Balaban J connectivity index is 3.04. The van der Waals surface area contributed by atoms with Gasteiger partial charge in [-0.15, -0.1) is 0 Å². The third-order valence-electron chi connectivity index (χ3n) is 3.06. The lowest BCUT2D eigenvalue weighted by Crippen LogP contribution is -2.29. The maximum atomic E-state index is 11.9. The molecule has 0 saturated carbocycles. The molecular formula is C12H17NO5S. The van der Waals surface area contributed by atoms with Gasteiger partial charge in [-0.25, -0.2) is 8.42 Å². The molecule has 0 aliphatic heterocycles. The summed E-state index contributed by atoms with van der Waals surface area (Å²) in [5.41, 5.74) is 0.275. The summed E-state index contributed by atoms with van der Waals surface area (Å²) in [6, 6.07) is 5.28. The summed E-state index contributed by atoms with van der Waals surface area (Å²) in [5, 5.41) is 19.8. The summed E-state index contributed by atoms with van der Waals surface area (Å²) < 4.78 is 23.7. The molecule has 0 amide bonds. The van der Waals surface area contributed by atoms with E-state index >= 15 is 0 Å². The summed E-state index contributed by atoms with van der Waals surface area (Å²) in [7, 11) is -3.37. The second-order valence-corrected chi connectivity index (χ2v) is 6.70. The SMILES string of the molecule is CC[C@H]([C@@H](O)c1ccc([N+](=O)[O-])cc1)S(=O)(=O)CC. The van der Waals surface area contributed by atoms with Crippen LogP contribution in [0, 0.1) is 10.1 Å². The molecule has 1 rings (SSSR count). The van der Waals surface area contributed by atoms with Gasteiger partial charge in [-0.05, 0) is 24.1 Å². The van der Waals surface area contributed by atoms with E-state index in [1.54, 1.807) is 6.92 Å². The summed E-state index contributed by atoms with van der Waals surface area (Å²) in [5.74, 6) is -0.0461. The Morgan fingerprint density at radius 1 is 1.26 bits per heavy atom. The standard InChI is InChI=1S/C12H17NO5S/c1-3-11(19(17,18)4-2)12(14)9-5-7-10(8-6-9)13(15)16/h5-8,11-12,14H,3-4H2,1-2H3/t11-,12+/m1/s1. The van der Waals surface area contributed by atoms with Gasteiger partial charge in [0.05, 0.1) is 16.3 Å². The average Bonchev–Trinajstić information content (AvgIpc) is 2.39. The van der Waals surface area contributed by atoms with E-state index in [0.29, 0.717) is 5.56 Å². The van der Waals surface area contributed by atoms with Crippen LogP contribution in [0.1, 0.15) is 31.9 Å². The van der Waals surface area contributed by atoms with Gasteiger partial charge in [-0.3, -0.25) is 10.1 Å². The summed E-state index contributed by atoms with van der Waals surface area (Å²) in [6.45, 7) is 3.22. The number of hydrogen-bond acceptors (Lipinski definition) is 5. The van der Waals surface area contributed by atoms with Crippen LogP contribution in [0.3, 0.4) is 0 Å². The first kappa shape index (κ1) is 15.6. The fraction of sp³-hybridized carbons (Fsp3) is 0.500.